The van der Waals surface area contributed by atoms with Gasteiger partial charge >= 0.3 is 0 Å². The van der Waals surface area contributed by atoms with Crippen LogP contribution in [-0.2, 0) is 10.0 Å². The molecule has 0 unspecified atom stereocenters. The van der Waals surface area contributed by atoms with Crippen LogP contribution < -0.4 is 4.72 Å². The molecule has 5 nitrogen and oxygen atoms in total. The van der Waals surface area contributed by atoms with Crippen LogP contribution in [-0.4, -0.2) is 18.4 Å². The van der Waals surface area contributed by atoms with Gasteiger partial charge in [0.05, 0.1) is 16.7 Å². The number of anilines is 1. The molecule has 25 heavy (non-hydrogen) atoms. The molecule has 0 radical (unpaired) electrons. The summed E-state index contributed by atoms with van der Waals surface area (Å²) in [5.74, 6) is 0. The lowest BCUT2D eigenvalue weighted by molar-refractivity contribution is 0.602. The first-order valence-corrected chi connectivity index (χ1v) is 9.25. The number of rotatable bonds is 3. The van der Waals surface area contributed by atoms with Gasteiger partial charge in [0.1, 0.15) is 4.90 Å². The average Bonchev–Trinajstić information content (AvgIpc) is 2.63. The maximum absolute atomic E-state index is 13.0. The molecule has 0 saturated carbocycles. The van der Waals surface area contributed by atoms with Crippen LogP contribution in [0.2, 0.25) is 0 Å². The molecule has 0 aliphatic rings. The summed E-state index contributed by atoms with van der Waals surface area (Å²) in [5.41, 5.74) is 2.37. The summed E-state index contributed by atoms with van der Waals surface area (Å²) in [6.45, 7) is 1.85. The zero-order valence-corrected chi connectivity index (χ0v) is 14.3. The van der Waals surface area contributed by atoms with Crippen LogP contribution in [0.5, 0.6) is 0 Å². The predicted octanol–water partition coefficient (Wildman–Crippen LogP) is 3.89. The Morgan fingerprint density at radius 2 is 1.44 bits per heavy atom. The van der Waals surface area contributed by atoms with Crippen LogP contribution in [0.25, 0.3) is 21.8 Å². The number of aromatic nitrogens is 2. The van der Waals surface area contributed by atoms with Crippen molar-refractivity contribution in [3.8, 4) is 0 Å². The molecule has 6 heteroatoms. The van der Waals surface area contributed by atoms with Gasteiger partial charge in [-0.05, 0) is 30.7 Å². The number of benzene rings is 2. The van der Waals surface area contributed by atoms with Crippen LogP contribution in [0, 0.1) is 6.92 Å². The van der Waals surface area contributed by atoms with Gasteiger partial charge in [-0.25, -0.2) is 8.42 Å². The SMILES string of the molecule is Cc1ccc2cccnc2c1NS(=O)(=O)c1cccc2cccnc12. The van der Waals surface area contributed by atoms with E-state index in [0.29, 0.717) is 16.7 Å². The summed E-state index contributed by atoms with van der Waals surface area (Å²) in [4.78, 5) is 8.73. The van der Waals surface area contributed by atoms with Crippen molar-refractivity contribution in [2.45, 2.75) is 11.8 Å². The largest absolute Gasteiger partial charge is 0.277 e. The van der Waals surface area contributed by atoms with Crippen LogP contribution >= 0.6 is 0 Å². The third-order valence-electron chi connectivity index (χ3n) is 4.10. The fourth-order valence-electron chi connectivity index (χ4n) is 2.86. The van der Waals surface area contributed by atoms with E-state index >= 15 is 0 Å². The Labute approximate surface area is 145 Å². The highest BCUT2D eigenvalue weighted by molar-refractivity contribution is 7.93. The van der Waals surface area contributed by atoms with Crippen LogP contribution in [0.3, 0.4) is 0 Å². The second-order valence-electron chi connectivity index (χ2n) is 5.77. The highest BCUT2D eigenvalue weighted by atomic mass is 32.2. The number of hydrogen-bond donors (Lipinski definition) is 1. The molecule has 124 valence electrons. The lowest BCUT2D eigenvalue weighted by Crippen LogP contribution is -2.15. The van der Waals surface area contributed by atoms with Gasteiger partial charge in [0.15, 0.2) is 0 Å². The van der Waals surface area contributed by atoms with Gasteiger partial charge in [-0.2, -0.15) is 0 Å². The number of nitrogens with one attached hydrogen (secondary N) is 1. The van der Waals surface area contributed by atoms with Gasteiger partial charge in [-0.15, -0.1) is 0 Å². The standard InChI is InChI=1S/C19H15N3O2S/c1-13-9-10-15-7-4-12-21-19(15)17(13)22-25(23,24)16-8-2-5-14-6-3-11-20-18(14)16/h2-12,22H,1H3. The number of fused-ring (bicyclic) bond motifs is 2. The smallest absolute Gasteiger partial charge is 0.264 e. The van der Waals surface area contributed by atoms with Crippen LogP contribution in [0.1, 0.15) is 5.56 Å². The molecule has 4 aromatic rings. The molecule has 0 atom stereocenters. The van der Waals surface area contributed by atoms with E-state index in [1.54, 1.807) is 30.6 Å². The van der Waals surface area contributed by atoms with E-state index < -0.39 is 10.0 Å². The van der Waals surface area contributed by atoms with Crippen molar-refractivity contribution in [1.82, 2.24) is 9.97 Å². The minimum absolute atomic E-state index is 0.151. The van der Waals surface area contributed by atoms with Crippen molar-refractivity contribution in [3.05, 3.63) is 72.6 Å². The highest BCUT2D eigenvalue weighted by Crippen LogP contribution is 2.29. The molecular formula is C19H15N3O2S. The van der Waals surface area contributed by atoms with E-state index in [1.807, 2.05) is 43.3 Å². The Morgan fingerprint density at radius 1 is 0.800 bits per heavy atom. The monoisotopic (exact) mass is 349 g/mol. The second-order valence-corrected chi connectivity index (χ2v) is 7.42. The Kier molecular flexibility index (Phi) is 3.62. The van der Waals surface area contributed by atoms with Gasteiger partial charge in [0, 0.05) is 23.2 Å². The zero-order chi connectivity index (χ0) is 17.4. The fourth-order valence-corrected chi connectivity index (χ4v) is 4.18. The summed E-state index contributed by atoms with van der Waals surface area (Å²) in [7, 11) is -3.81. The molecular weight excluding hydrogens is 334 g/mol. The summed E-state index contributed by atoms with van der Waals surface area (Å²) < 4.78 is 28.8. The Balaban J connectivity index is 1.89. The first-order chi connectivity index (χ1) is 12.1. The molecule has 1 N–H and O–H groups in total. The van der Waals surface area contributed by atoms with E-state index in [-0.39, 0.29) is 4.90 Å². The maximum Gasteiger partial charge on any atom is 0.264 e. The molecule has 0 aliphatic carbocycles. The third kappa shape index (κ3) is 2.70. The van der Waals surface area contributed by atoms with Crippen molar-refractivity contribution in [2.75, 3.05) is 4.72 Å². The Morgan fingerprint density at radius 3 is 2.20 bits per heavy atom. The van der Waals surface area contributed by atoms with Gasteiger partial charge in [0.25, 0.3) is 10.0 Å². The van der Waals surface area contributed by atoms with Gasteiger partial charge in [0.2, 0.25) is 0 Å². The summed E-state index contributed by atoms with van der Waals surface area (Å²) in [5, 5.41) is 1.65. The predicted molar refractivity (Wildman–Crippen MR) is 99.0 cm³/mol. The molecule has 0 spiro atoms. The second kappa shape index (κ2) is 5.82. The number of pyridine rings is 2. The van der Waals surface area contributed by atoms with Crippen molar-refractivity contribution in [1.29, 1.82) is 0 Å². The minimum atomic E-state index is -3.81. The molecule has 2 heterocycles. The summed E-state index contributed by atoms with van der Waals surface area (Å²) in [6.07, 6.45) is 3.24. The molecule has 0 amide bonds. The normalized spacial score (nSPS) is 11.7. The Hall–Kier alpha value is -2.99. The van der Waals surface area contributed by atoms with E-state index in [0.717, 1.165) is 16.3 Å². The van der Waals surface area contributed by atoms with Crippen LogP contribution in [0.15, 0.2) is 71.9 Å². The molecule has 0 saturated heterocycles. The summed E-state index contributed by atoms with van der Waals surface area (Å²) in [6, 6.07) is 16.3. The van der Waals surface area contributed by atoms with Crippen LogP contribution in [0.4, 0.5) is 5.69 Å². The summed E-state index contributed by atoms with van der Waals surface area (Å²) >= 11 is 0. The molecule has 0 fully saturated rings. The number of nitrogens with zero attached hydrogens (tertiary/aromatic N) is 2. The number of para-hydroxylation sites is 1. The zero-order valence-electron chi connectivity index (χ0n) is 13.5. The highest BCUT2D eigenvalue weighted by Gasteiger charge is 2.20. The van der Waals surface area contributed by atoms with E-state index in [1.165, 1.54) is 0 Å². The first-order valence-electron chi connectivity index (χ1n) is 7.77. The quantitative estimate of drug-likeness (QED) is 0.609. The molecule has 2 aromatic carbocycles. The number of sulfonamides is 1. The van der Waals surface area contributed by atoms with Crippen molar-refractivity contribution in [3.63, 3.8) is 0 Å². The minimum Gasteiger partial charge on any atom is -0.277 e. The molecule has 0 bridgehead atoms. The fraction of sp³-hybridized carbons (Fsp3) is 0.0526. The number of aryl methyl sites for hydroxylation is 1. The van der Waals surface area contributed by atoms with Crippen molar-refractivity contribution >= 4 is 37.5 Å². The van der Waals surface area contributed by atoms with E-state index in [4.69, 9.17) is 0 Å². The van der Waals surface area contributed by atoms with Crippen molar-refractivity contribution < 1.29 is 8.42 Å². The lowest BCUT2D eigenvalue weighted by atomic mass is 10.1. The Bertz CT molecular complexity index is 1200. The van der Waals surface area contributed by atoms with Crippen molar-refractivity contribution in [2.24, 2.45) is 0 Å². The maximum atomic E-state index is 13.0. The average molecular weight is 349 g/mol. The van der Waals surface area contributed by atoms with Gasteiger partial charge < -0.3 is 0 Å². The van der Waals surface area contributed by atoms with E-state index in [9.17, 15) is 8.42 Å². The van der Waals surface area contributed by atoms with Gasteiger partial charge in [-0.1, -0.05) is 36.4 Å². The molecule has 0 aliphatic heterocycles. The first kappa shape index (κ1) is 15.5. The molecule has 2 aromatic heterocycles. The number of hydrogen-bond acceptors (Lipinski definition) is 4. The van der Waals surface area contributed by atoms with Gasteiger partial charge in [-0.3, -0.25) is 14.7 Å². The lowest BCUT2D eigenvalue weighted by Gasteiger charge is -2.13. The third-order valence-corrected chi connectivity index (χ3v) is 5.49. The van der Waals surface area contributed by atoms with E-state index in [2.05, 4.69) is 14.7 Å². The molecule has 4 rings (SSSR count). The topological polar surface area (TPSA) is 72.0 Å².